The van der Waals surface area contributed by atoms with E-state index in [0.717, 1.165) is 5.56 Å². The van der Waals surface area contributed by atoms with Gasteiger partial charge in [-0.2, -0.15) is 4.31 Å². The maximum atomic E-state index is 12.7. The highest BCUT2D eigenvalue weighted by molar-refractivity contribution is 7.60. The number of carbonyl (C=O) groups excluding carboxylic acids is 3. The van der Waals surface area contributed by atoms with Crippen LogP contribution in [-0.2, 0) is 43.6 Å². The Labute approximate surface area is 328 Å². The number of imidazole rings is 1. The third-order valence-corrected chi connectivity index (χ3v) is 11.0. The van der Waals surface area contributed by atoms with Crippen LogP contribution in [0.25, 0.3) is 11.2 Å². The van der Waals surface area contributed by atoms with E-state index in [1.54, 1.807) is 23.9 Å². The monoisotopic (exact) mass is 844 g/mol. The van der Waals surface area contributed by atoms with E-state index in [0.29, 0.717) is 82.5 Å². The van der Waals surface area contributed by atoms with Gasteiger partial charge in [-0.15, -0.1) is 0 Å². The van der Waals surface area contributed by atoms with Crippen molar-refractivity contribution in [1.82, 2.24) is 34.6 Å². The van der Waals surface area contributed by atoms with Crippen molar-refractivity contribution in [2.24, 2.45) is 0 Å². The molecule has 1 fully saturated rings. The average Bonchev–Trinajstić information content (AvgIpc) is 3.72. The molecular weight excluding hydrogens is 794 g/mol. The molecule has 22 nitrogen and oxygen atoms in total. The van der Waals surface area contributed by atoms with E-state index in [9.17, 15) is 38.6 Å². The molecule has 24 heteroatoms. The summed E-state index contributed by atoms with van der Waals surface area (Å²) in [6, 6.07) is 9.37. The van der Waals surface area contributed by atoms with Gasteiger partial charge in [0.05, 0.1) is 12.9 Å². The molecule has 3 heterocycles. The topological polar surface area (TPSA) is 298 Å². The maximum Gasteiger partial charge on any atom is 0.481 e. The van der Waals surface area contributed by atoms with Gasteiger partial charge in [0.15, 0.2) is 23.2 Å². The van der Waals surface area contributed by atoms with E-state index < -0.39 is 52.9 Å². The molecular formula is C33H50N8O14P2. The van der Waals surface area contributed by atoms with Crippen LogP contribution < -0.4 is 10.6 Å². The number of fused-ring (bicyclic) bond motifs is 1. The van der Waals surface area contributed by atoms with Gasteiger partial charge >= 0.3 is 21.7 Å². The highest BCUT2D eigenvalue weighted by atomic mass is 31.3. The number of aliphatic hydroxyl groups is 2. The Morgan fingerprint density at radius 1 is 0.877 bits per heavy atom. The first kappa shape index (κ1) is 45.6. The highest BCUT2D eigenvalue weighted by Gasteiger charge is 2.46. The quantitative estimate of drug-likeness (QED) is 0.0527. The van der Waals surface area contributed by atoms with Crippen LogP contribution in [0, 0.1) is 0 Å². The van der Waals surface area contributed by atoms with Crippen LogP contribution in [0.5, 0.6) is 0 Å². The lowest BCUT2D eigenvalue weighted by atomic mass is 10.1. The van der Waals surface area contributed by atoms with E-state index in [-0.39, 0.29) is 24.1 Å². The number of aliphatic hydroxyl groups excluding tert-OH is 2. The predicted octanol–water partition coefficient (Wildman–Crippen LogP) is 1.66. The Balaban J connectivity index is 1.09. The van der Waals surface area contributed by atoms with Crippen LogP contribution in [0.3, 0.4) is 0 Å². The fourth-order valence-electron chi connectivity index (χ4n) is 5.74. The molecule has 3 amide bonds. The van der Waals surface area contributed by atoms with Crippen LogP contribution in [0.2, 0.25) is 0 Å². The minimum Gasteiger partial charge on any atom is -0.445 e. The summed E-state index contributed by atoms with van der Waals surface area (Å²) < 4.78 is 43.0. The van der Waals surface area contributed by atoms with Gasteiger partial charge < -0.3 is 54.8 Å². The standard InChI is InChI=1S/C33H50N8O14P2/c1-39(17-10-18-40(2)26(43)14-7-9-16-35-33(46)52-19-23-11-4-3-5-12-23)25(42)13-6-8-15-34-30-27-31(37-21-36-30)41(22-38-27)32-29(45)28(44)24(54-32)20-53-57(50,51)55-56(47,48)49/h3-5,11-12,21-22,24,28-29,32,44-45H,6-10,13-20H2,1-2H3,(H,35,46)(H,50,51)(H,34,36,37)(H2,47,48,49)/t24-,28-,29-,32-/m1/s1. The van der Waals surface area contributed by atoms with Crippen molar-refractivity contribution in [2.75, 3.05) is 52.2 Å². The maximum absolute atomic E-state index is 12.7. The number of rotatable bonds is 23. The van der Waals surface area contributed by atoms with E-state index >= 15 is 0 Å². The average molecular weight is 845 g/mol. The molecule has 5 atom stereocenters. The number of hydrogen-bond acceptors (Lipinski definition) is 15. The summed E-state index contributed by atoms with van der Waals surface area (Å²) in [5.41, 5.74) is 1.43. The number of aromatic nitrogens is 4. The molecule has 0 aliphatic carbocycles. The number of anilines is 1. The van der Waals surface area contributed by atoms with Crippen molar-refractivity contribution in [3.63, 3.8) is 0 Å². The van der Waals surface area contributed by atoms with Crippen LogP contribution in [0.1, 0.15) is 56.7 Å². The molecule has 0 radical (unpaired) electrons. The number of ether oxygens (including phenoxy) is 2. The lowest BCUT2D eigenvalue weighted by molar-refractivity contribution is -0.130. The summed E-state index contributed by atoms with van der Waals surface area (Å²) >= 11 is 0. The summed E-state index contributed by atoms with van der Waals surface area (Å²) in [5.74, 6) is 0.325. The van der Waals surface area contributed by atoms with Crippen molar-refractivity contribution in [3.05, 3.63) is 48.5 Å². The van der Waals surface area contributed by atoms with Crippen molar-refractivity contribution in [3.8, 4) is 0 Å². The van der Waals surface area contributed by atoms with Gasteiger partial charge in [0.1, 0.15) is 31.2 Å². The molecule has 1 aliphatic rings. The molecule has 4 rings (SSSR count). The number of unbranched alkanes of at least 4 members (excludes halogenated alkanes) is 2. The lowest BCUT2D eigenvalue weighted by Gasteiger charge is -2.21. The first-order valence-electron chi connectivity index (χ1n) is 18.1. The fourth-order valence-corrected chi connectivity index (χ4v) is 7.34. The van der Waals surface area contributed by atoms with Crippen molar-refractivity contribution in [2.45, 2.75) is 76.1 Å². The molecule has 1 saturated heterocycles. The highest BCUT2D eigenvalue weighted by Crippen LogP contribution is 2.57. The summed E-state index contributed by atoms with van der Waals surface area (Å²) in [6.07, 6.45) is -0.0828. The Kier molecular flexibility index (Phi) is 17.3. The number of benzene rings is 1. The zero-order valence-corrected chi connectivity index (χ0v) is 33.3. The van der Waals surface area contributed by atoms with Gasteiger partial charge in [0, 0.05) is 53.1 Å². The van der Waals surface area contributed by atoms with Crippen LogP contribution in [0.4, 0.5) is 10.6 Å². The normalized spacial score (nSPS) is 19.2. The zero-order chi connectivity index (χ0) is 41.6. The number of nitrogens with one attached hydrogen (secondary N) is 2. The second-order valence-electron chi connectivity index (χ2n) is 13.2. The summed E-state index contributed by atoms with van der Waals surface area (Å²) in [4.78, 5) is 80.1. The van der Waals surface area contributed by atoms with Crippen LogP contribution in [-0.4, -0.2) is 137 Å². The van der Waals surface area contributed by atoms with Crippen LogP contribution in [0.15, 0.2) is 43.0 Å². The first-order valence-corrected chi connectivity index (χ1v) is 21.2. The second-order valence-corrected chi connectivity index (χ2v) is 16.1. The van der Waals surface area contributed by atoms with Crippen LogP contribution >= 0.6 is 15.6 Å². The smallest absolute Gasteiger partial charge is 0.445 e. The summed E-state index contributed by atoms with van der Waals surface area (Å²) in [5, 5.41) is 26.9. The number of amides is 3. The molecule has 316 valence electrons. The van der Waals surface area contributed by atoms with Gasteiger partial charge in [-0.05, 0) is 37.7 Å². The molecule has 1 aromatic carbocycles. The van der Waals surface area contributed by atoms with E-state index in [2.05, 4.69) is 34.4 Å². The molecule has 1 aliphatic heterocycles. The Morgan fingerprint density at radius 3 is 2.18 bits per heavy atom. The SMILES string of the molecule is CN(CCCN(C)C(=O)CCCCNc1ncnc2c1ncn2[C@@H]1O[C@H](COP(=O)(O)OP(=O)(O)O)[C@@H](O)[C@H]1O)C(=O)CCCCNC(=O)OCc1ccccc1. The molecule has 0 bridgehead atoms. The molecule has 7 N–H and O–H groups in total. The molecule has 57 heavy (non-hydrogen) atoms. The Hall–Kier alpha value is -4.08. The predicted molar refractivity (Wildman–Crippen MR) is 201 cm³/mol. The van der Waals surface area contributed by atoms with Gasteiger partial charge in [0.25, 0.3) is 0 Å². The number of alkyl carbamates (subject to hydrolysis) is 1. The third kappa shape index (κ3) is 14.7. The number of phosphoric ester groups is 1. The minimum absolute atomic E-state index is 0.00792. The number of nitrogens with zero attached hydrogens (tertiary/aromatic N) is 6. The molecule has 2 aromatic heterocycles. The van der Waals surface area contributed by atoms with Crippen molar-refractivity contribution in [1.29, 1.82) is 0 Å². The Morgan fingerprint density at radius 2 is 1.53 bits per heavy atom. The first-order chi connectivity index (χ1) is 27.0. The van der Waals surface area contributed by atoms with Gasteiger partial charge in [0.2, 0.25) is 11.8 Å². The molecule has 0 saturated carbocycles. The largest absolute Gasteiger partial charge is 0.481 e. The van der Waals surface area contributed by atoms with E-state index in [1.807, 2.05) is 30.3 Å². The van der Waals surface area contributed by atoms with Gasteiger partial charge in [-0.25, -0.2) is 28.9 Å². The number of hydrogen-bond donors (Lipinski definition) is 7. The minimum atomic E-state index is -5.36. The van der Waals surface area contributed by atoms with Crippen molar-refractivity contribution >= 4 is 50.5 Å². The van der Waals surface area contributed by atoms with E-state index in [1.165, 1.54) is 17.2 Å². The van der Waals surface area contributed by atoms with Gasteiger partial charge in [-0.1, -0.05) is 30.3 Å². The Bertz CT molecular complexity index is 1870. The summed E-state index contributed by atoms with van der Waals surface area (Å²) in [7, 11) is -7.13. The summed E-state index contributed by atoms with van der Waals surface area (Å²) in [6.45, 7) is 1.17. The zero-order valence-electron chi connectivity index (χ0n) is 31.5. The molecule has 1 unspecified atom stereocenters. The molecule has 3 aromatic rings. The third-order valence-electron chi connectivity index (χ3n) is 8.83. The van der Waals surface area contributed by atoms with Gasteiger partial charge in [-0.3, -0.25) is 18.7 Å². The lowest BCUT2D eigenvalue weighted by Crippen LogP contribution is -2.33. The number of phosphoric acid groups is 2. The second kappa shape index (κ2) is 21.6. The number of carbonyl (C=O) groups is 3. The van der Waals surface area contributed by atoms with Crippen molar-refractivity contribution < 1.29 is 66.7 Å². The van der Waals surface area contributed by atoms with E-state index in [4.69, 9.17) is 19.3 Å². The molecule has 0 spiro atoms. The fraction of sp³-hybridized carbons (Fsp3) is 0.576.